The van der Waals surface area contributed by atoms with Crippen molar-refractivity contribution in [3.05, 3.63) is 0 Å². The van der Waals surface area contributed by atoms with Gasteiger partial charge in [-0.1, -0.05) is 0 Å². The Bertz CT molecular complexity index is 248. The van der Waals surface area contributed by atoms with Crippen LogP contribution in [0.3, 0.4) is 0 Å². The zero-order chi connectivity index (χ0) is 12.9. The van der Waals surface area contributed by atoms with E-state index in [1.54, 1.807) is 7.11 Å². The summed E-state index contributed by atoms with van der Waals surface area (Å²) in [6, 6.07) is 0.298. The van der Waals surface area contributed by atoms with Crippen molar-refractivity contribution in [2.75, 3.05) is 26.8 Å². The minimum Gasteiger partial charge on any atom is -0.384 e. The first-order chi connectivity index (χ1) is 7.93. The molecule has 0 aromatic rings. The number of methoxy groups -OCH3 is 1. The molecule has 0 bridgehead atoms. The van der Waals surface area contributed by atoms with Crippen molar-refractivity contribution in [2.24, 2.45) is 0 Å². The van der Waals surface area contributed by atoms with Crippen molar-refractivity contribution in [1.82, 2.24) is 10.2 Å². The number of amides is 1. The molecule has 100 valence electrons. The van der Waals surface area contributed by atoms with Crippen molar-refractivity contribution in [3.63, 3.8) is 0 Å². The van der Waals surface area contributed by atoms with Crippen molar-refractivity contribution in [2.45, 2.75) is 51.6 Å². The lowest BCUT2D eigenvalue weighted by atomic mass is 9.98. The molecule has 1 fully saturated rings. The van der Waals surface area contributed by atoms with Crippen LogP contribution in [-0.4, -0.2) is 49.2 Å². The number of nitrogens with one attached hydrogen (secondary N) is 1. The Morgan fingerprint density at radius 1 is 1.47 bits per heavy atom. The molecule has 4 heteroatoms. The second-order valence-electron chi connectivity index (χ2n) is 5.77. The highest BCUT2D eigenvalue weighted by Gasteiger charge is 2.28. The summed E-state index contributed by atoms with van der Waals surface area (Å²) in [6.45, 7) is 9.27. The van der Waals surface area contributed by atoms with Crippen LogP contribution in [-0.2, 0) is 9.53 Å². The number of rotatable bonds is 4. The molecule has 1 unspecified atom stereocenters. The number of nitrogens with zero attached hydrogens (tertiary/aromatic N) is 1. The molecule has 0 spiro atoms. The van der Waals surface area contributed by atoms with Gasteiger partial charge in [-0.15, -0.1) is 0 Å². The van der Waals surface area contributed by atoms with Crippen LogP contribution in [0.1, 0.15) is 40.0 Å². The molecule has 0 saturated carbocycles. The van der Waals surface area contributed by atoms with E-state index in [1.165, 1.54) is 0 Å². The van der Waals surface area contributed by atoms with E-state index in [0.717, 1.165) is 25.9 Å². The van der Waals surface area contributed by atoms with Crippen LogP contribution in [0, 0.1) is 0 Å². The van der Waals surface area contributed by atoms with E-state index in [4.69, 9.17) is 4.74 Å². The molecule has 0 aromatic heterocycles. The zero-order valence-corrected chi connectivity index (χ0v) is 11.6. The van der Waals surface area contributed by atoms with Crippen molar-refractivity contribution >= 4 is 5.91 Å². The summed E-state index contributed by atoms with van der Waals surface area (Å²) in [5.41, 5.74) is 0.190. The summed E-state index contributed by atoms with van der Waals surface area (Å²) >= 11 is 0. The standard InChI is InChI=1S/C13H26N2O2/c1-13(2,3)15-8-5-6-11(10-15)14-12(16)7-9-17-4/h11H,5-10H2,1-4H3,(H,14,16). The Hall–Kier alpha value is -0.610. The summed E-state index contributed by atoms with van der Waals surface area (Å²) < 4.78 is 4.91. The predicted octanol–water partition coefficient (Wildman–Crippen LogP) is 1.40. The quantitative estimate of drug-likeness (QED) is 0.810. The number of hydrogen-bond donors (Lipinski definition) is 1. The lowest BCUT2D eigenvalue weighted by Crippen LogP contribution is -2.53. The Balaban J connectivity index is 2.37. The Kier molecular flexibility index (Phi) is 5.40. The monoisotopic (exact) mass is 242 g/mol. The Labute approximate surface area is 105 Å². The van der Waals surface area contributed by atoms with E-state index in [0.29, 0.717) is 19.1 Å². The number of likely N-dealkylation sites (tertiary alicyclic amines) is 1. The molecule has 0 aliphatic carbocycles. The van der Waals surface area contributed by atoms with E-state index in [1.807, 2.05) is 0 Å². The van der Waals surface area contributed by atoms with Gasteiger partial charge >= 0.3 is 0 Å². The van der Waals surface area contributed by atoms with E-state index in [9.17, 15) is 4.79 Å². The molecule has 0 radical (unpaired) electrons. The first-order valence-corrected chi connectivity index (χ1v) is 6.47. The minimum atomic E-state index is 0.104. The average Bonchev–Trinajstić information content (AvgIpc) is 2.25. The number of ether oxygens (including phenoxy) is 1. The number of piperidine rings is 1. The highest BCUT2D eigenvalue weighted by Crippen LogP contribution is 2.19. The van der Waals surface area contributed by atoms with Gasteiger partial charge in [0.25, 0.3) is 0 Å². The average molecular weight is 242 g/mol. The van der Waals surface area contributed by atoms with Gasteiger partial charge in [-0.3, -0.25) is 9.69 Å². The molecular formula is C13H26N2O2. The normalized spacial score (nSPS) is 22.5. The fourth-order valence-electron chi connectivity index (χ4n) is 2.20. The summed E-state index contributed by atoms with van der Waals surface area (Å²) in [7, 11) is 1.62. The smallest absolute Gasteiger partial charge is 0.222 e. The summed E-state index contributed by atoms with van der Waals surface area (Å²) in [6.07, 6.45) is 2.71. The Morgan fingerprint density at radius 3 is 2.76 bits per heavy atom. The third kappa shape index (κ3) is 5.04. The molecular weight excluding hydrogens is 216 g/mol. The summed E-state index contributed by atoms with van der Waals surface area (Å²) in [5.74, 6) is 0.104. The third-order valence-corrected chi connectivity index (χ3v) is 3.27. The van der Waals surface area contributed by atoms with Crippen LogP contribution < -0.4 is 5.32 Å². The van der Waals surface area contributed by atoms with E-state index < -0.39 is 0 Å². The van der Waals surface area contributed by atoms with Gasteiger partial charge in [-0.05, 0) is 40.2 Å². The third-order valence-electron chi connectivity index (χ3n) is 3.27. The highest BCUT2D eigenvalue weighted by atomic mass is 16.5. The number of hydrogen-bond acceptors (Lipinski definition) is 3. The van der Waals surface area contributed by atoms with E-state index in [2.05, 4.69) is 31.0 Å². The first-order valence-electron chi connectivity index (χ1n) is 6.47. The second kappa shape index (κ2) is 6.36. The maximum atomic E-state index is 11.6. The van der Waals surface area contributed by atoms with Crippen molar-refractivity contribution in [3.8, 4) is 0 Å². The molecule has 1 aliphatic heterocycles. The SMILES string of the molecule is COCCC(=O)NC1CCCN(C(C)(C)C)C1. The Morgan fingerprint density at radius 2 is 2.18 bits per heavy atom. The molecule has 1 heterocycles. The van der Waals surface area contributed by atoms with Gasteiger partial charge in [-0.25, -0.2) is 0 Å². The first kappa shape index (κ1) is 14.5. The molecule has 4 nitrogen and oxygen atoms in total. The molecule has 1 atom stereocenters. The molecule has 17 heavy (non-hydrogen) atoms. The number of carbonyl (C=O) groups is 1. The lowest BCUT2D eigenvalue weighted by Gasteiger charge is -2.41. The molecule has 1 aliphatic rings. The maximum absolute atomic E-state index is 11.6. The van der Waals surface area contributed by atoms with Gasteiger partial charge in [0.05, 0.1) is 6.61 Å². The van der Waals surface area contributed by atoms with Crippen LogP contribution in [0.15, 0.2) is 0 Å². The molecule has 1 saturated heterocycles. The maximum Gasteiger partial charge on any atom is 0.222 e. The summed E-state index contributed by atoms with van der Waals surface area (Å²) in [4.78, 5) is 14.1. The van der Waals surface area contributed by atoms with Gasteiger partial charge < -0.3 is 10.1 Å². The topological polar surface area (TPSA) is 41.6 Å². The van der Waals surface area contributed by atoms with Gasteiger partial charge in [0, 0.05) is 31.7 Å². The second-order valence-corrected chi connectivity index (χ2v) is 5.77. The zero-order valence-electron chi connectivity index (χ0n) is 11.6. The molecule has 1 N–H and O–H groups in total. The fraction of sp³-hybridized carbons (Fsp3) is 0.923. The largest absolute Gasteiger partial charge is 0.384 e. The van der Waals surface area contributed by atoms with E-state index >= 15 is 0 Å². The minimum absolute atomic E-state index is 0.104. The van der Waals surface area contributed by atoms with Crippen LogP contribution in [0.25, 0.3) is 0 Å². The van der Waals surface area contributed by atoms with Crippen molar-refractivity contribution < 1.29 is 9.53 Å². The van der Waals surface area contributed by atoms with Crippen LogP contribution >= 0.6 is 0 Å². The highest BCUT2D eigenvalue weighted by molar-refractivity contribution is 5.76. The lowest BCUT2D eigenvalue weighted by molar-refractivity contribution is -0.123. The van der Waals surface area contributed by atoms with Gasteiger partial charge in [0.15, 0.2) is 0 Å². The van der Waals surface area contributed by atoms with Crippen LogP contribution in [0.5, 0.6) is 0 Å². The predicted molar refractivity (Wildman–Crippen MR) is 69.0 cm³/mol. The summed E-state index contributed by atoms with van der Waals surface area (Å²) in [5, 5.41) is 3.10. The van der Waals surface area contributed by atoms with E-state index in [-0.39, 0.29) is 11.4 Å². The van der Waals surface area contributed by atoms with Gasteiger partial charge in [-0.2, -0.15) is 0 Å². The van der Waals surface area contributed by atoms with Crippen LogP contribution in [0.2, 0.25) is 0 Å². The number of carbonyl (C=O) groups excluding carboxylic acids is 1. The molecule has 1 amide bonds. The molecule has 0 aromatic carbocycles. The van der Waals surface area contributed by atoms with Crippen LogP contribution in [0.4, 0.5) is 0 Å². The van der Waals surface area contributed by atoms with Crippen molar-refractivity contribution in [1.29, 1.82) is 0 Å². The fourth-order valence-corrected chi connectivity index (χ4v) is 2.20. The van der Waals surface area contributed by atoms with Gasteiger partial charge in [0.1, 0.15) is 0 Å². The molecule has 1 rings (SSSR count). The van der Waals surface area contributed by atoms with Gasteiger partial charge in [0.2, 0.25) is 5.91 Å².